The van der Waals surface area contributed by atoms with Gasteiger partial charge in [0.05, 0.1) is 21.8 Å². The number of carbonyl (C=O) groups excluding carboxylic acids is 2. The van der Waals surface area contributed by atoms with Gasteiger partial charge >= 0.3 is 0 Å². The fourth-order valence-electron chi connectivity index (χ4n) is 6.81. The largest absolute Gasteiger partial charge is 0.368 e. The van der Waals surface area contributed by atoms with Gasteiger partial charge in [0, 0.05) is 38.3 Å². The van der Waals surface area contributed by atoms with Crippen LogP contribution in [0.3, 0.4) is 0 Å². The Kier molecular flexibility index (Phi) is 5.22. The van der Waals surface area contributed by atoms with Crippen LogP contribution in [0.4, 0.5) is 5.69 Å². The Balaban J connectivity index is 1.06. The van der Waals surface area contributed by atoms with E-state index < -0.39 is 0 Å². The molecule has 2 aliphatic carbocycles. The summed E-state index contributed by atoms with van der Waals surface area (Å²) in [5.74, 6) is 1.05. The number of nitrogens with zero attached hydrogens (tertiary/aromatic N) is 3. The highest BCUT2D eigenvalue weighted by Gasteiger charge is 2.49. The molecule has 3 fully saturated rings. The van der Waals surface area contributed by atoms with Crippen molar-refractivity contribution in [1.82, 2.24) is 9.80 Å². The summed E-state index contributed by atoms with van der Waals surface area (Å²) < 4.78 is 0. The molecule has 2 heterocycles. The van der Waals surface area contributed by atoms with Gasteiger partial charge in [0.15, 0.2) is 0 Å². The third-order valence-electron chi connectivity index (χ3n) is 8.50. The minimum Gasteiger partial charge on any atom is -0.368 e. The van der Waals surface area contributed by atoms with Crippen molar-refractivity contribution in [3.05, 3.63) is 64.2 Å². The van der Waals surface area contributed by atoms with E-state index in [1.54, 1.807) is 17.0 Å². The van der Waals surface area contributed by atoms with Crippen LogP contribution in [0, 0.1) is 18.8 Å². The van der Waals surface area contributed by atoms with Gasteiger partial charge in [-0.25, -0.2) is 0 Å². The maximum atomic E-state index is 12.9. The molecule has 2 saturated carbocycles. The second kappa shape index (κ2) is 8.14. The van der Waals surface area contributed by atoms with Gasteiger partial charge in [0.25, 0.3) is 11.8 Å². The average molecular weight is 464 g/mol. The van der Waals surface area contributed by atoms with Crippen molar-refractivity contribution >= 4 is 29.1 Å². The standard InChI is InChI=1S/C27H30ClN3O2/c1-17-5-4-8-24(25(17)28)30-11-9-29(10-12-30)20-13-18-15-21(16-19(18)14-20)31-26(32)22-6-2-3-7-23(22)27(31)33/h2-8,18-21H,9-16H2,1H3. The van der Waals surface area contributed by atoms with Crippen molar-refractivity contribution in [3.8, 4) is 0 Å². The summed E-state index contributed by atoms with van der Waals surface area (Å²) in [7, 11) is 0. The molecule has 2 atom stereocenters. The monoisotopic (exact) mass is 463 g/mol. The highest BCUT2D eigenvalue weighted by molar-refractivity contribution is 6.34. The number of carbonyl (C=O) groups is 2. The molecule has 4 aliphatic rings. The van der Waals surface area contributed by atoms with Crippen molar-refractivity contribution in [3.63, 3.8) is 0 Å². The number of halogens is 1. The smallest absolute Gasteiger partial charge is 0.261 e. The van der Waals surface area contributed by atoms with E-state index in [1.807, 2.05) is 12.1 Å². The van der Waals surface area contributed by atoms with Crippen LogP contribution in [-0.2, 0) is 0 Å². The van der Waals surface area contributed by atoms with Crippen LogP contribution in [0.5, 0.6) is 0 Å². The first-order chi connectivity index (χ1) is 16.0. The normalized spacial score (nSPS) is 29.6. The number of rotatable bonds is 3. The maximum absolute atomic E-state index is 12.9. The van der Waals surface area contributed by atoms with Gasteiger partial charge in [-0.2, -0.15) is 0 Å². The Morgan fingerprint density at radius 3 is 1.94 bits per heavy atom. The molecule has 2 aromatic rings. The first-order valence-corrected chi connectivity index (χ1v) is 12.6. The molecule has 2 unspecified atom stereocenters. The Labute approximate surface area is 200 Å². The molecule has 6 rings (SSSR count). The van der Waals surface area contributed by atoms with E-state index >= 15 is 0 Å². The fraction of sp³-hybridized carbons (Fsp3) is 0.481. The minimum atomic E-state index is -0.0944. The summed E-state index contributed by atoms with van der Waals surface area (Å²) >= 11 is 6.57. The molecule has 2 amide bonds. The maximum Gasteiger partial charge on any atom is 0.261 e. The number of benzene rings is 2. The van der Waals surface area contributed by atoms with E-state index in [9.17, 15) is 9.59 Å². The lowest BCUT2D eigenvalue weighted by Gasteiger charge is -2.40. The number of aryl methyl sites for hydroxylation is 1. The van der Waals surface area contributed by atoms with Crippen LogP contribution in [-0.4, -0.2) is 59.9 Å². The predicted molar refractivity (Wildman–Crippen MR) is 130 cm³/mol. The molecule has 0 bridgehead atoms. The van der Waals surface area contributed by atoms with E-state index in [0.717, 1.165) is 55.3 Å². The Hall–Kier alpha value is -2.37. The zero-order valence-corrected chi connectivity index (χ0v) is 19.8. The second-order valence-corrected chi connectivity index (χ2v) is 10.6. The molecule has 33 heavy (non-hydrogen) atoms. The lowest BCUT2D eigenvalue weighted by atomic mass is 10.0. The van der Waals surface area contributed by atoms with Gasteiger partial charge < -0.3 is 4.90 Å². The number of fused-ring (bicyclic) bond motifs is 2. The zero-order valence-electron chi connectivity index (χ0n) is 19.0. The minimum absolute atomic E-state index is 0.0636. The van der Waals surface area contributed by atoms with E-state index in [0.29, 0.717) is 29.0 Å². The molecule has 2 aliphatic heterocycles. The molecular formula is C27H30ClN3O2. The molecule has 5 nitrogen and oxygen atoms in total. The van der Waals surface area contributed by atoms with E-state index in [1.165, 1.54) is 12.8 Å². The van der Waals surface area contributed by atoms with E-state index in [2.05, 4.69) is 34.9 Å². The number of amides is 2. The number of piperazine rings is 1. The summed E-state index contributed by atoms with van der Waals surface area (Å²) in [4.78, 5) is 32.5. The molecule has 1 saturated heterocycles. The molecule has 2 aromatic carbocycles. The van der Waals surface area contributed by atoms with Gasteiger partial charge in [-0.05, 0) is 68.2 Å². The Morgan fingerprint density at radius 2 is 1.33 bits per heavy atom. The summed E-state index contributed by atoms with van der Waals surface area (Å²) in [6, 6.07) is 14.2. The quantitative estimate of drug-likeness (QED) is 0.623. The molecular weight excluding hydrogens is 434 g/mol. The first kappa shape index (κ1) is 21.2. The van der Waals surface area contributed by atoms with Crippen molar-refractivity contribution in [1.29, 1.82) is 0 Å². The van der Waals surface area contributed by atoms with Crippen molar-refractivity contribution < 1.29 is 9.59 Å². The highest BCUT2D eigenvalue weighted by atomic mass is 35.5. The van der Waals surface area contributed by atoms with Gasteiger partial charge in [-0.3, -0.25) is 19.4 Å². The van der Waals surface area contributed by atoms with Crippen molar-refractivity contribution in [2.45, 2.75) is 44.7 Å². The second-order valence-electron chi connectivity index (χ2n) is 10.2. The topological polar surface area (TPSA) is 43.9 Å². The molecule has 0 N–H and O–H groups in total. The number of hydrogen-bond donors (Lipinski definition) is 0. The van der Waals surface area contributed by atoms with Gasteiger partial charge in [-0.1, -0.05) is 35.9 Å². The van der Waals surface area contributed by atoms with Crippen LogP contribution in [0.2, 0.25) is 5.02 Å². The average Bonchev–Trinajstić information content (AvgIpc) is 3.47. The highest BCUT2D eigenvalue weighted by Crippen LogP contribution is 2.48. The molecule has 6 heteroatoms. The Morgan fingerprint density at radius 1 is 0.758 bits per heavy atom. The van der Waals surface area contributed by atoms with Crippen LogP contribution >= 0.6 is 11.6 Å². The Bertz CT molecular complexity index is 1060. The number of imide groups is 1. The summed E-state index contributed by atoms with van der Waals surface area (Å²) in [5, 5.41) is 0.876. The molecule has 0 radical (unpaired) electrons. The summed E-state index contributed by atoms with van der Waals surface area (Å²) in [6.07, 6.45) is 4.31. The van der Waals surface area contributed by atoms with E-state index in [4.69, 9.17) is 11.6 Å². The third kappa shape index (κ3) is 3.48. The lowest BCUT2D eigenvalue weighted by Crippen LogP contribution is -2.50. The summed E-state index contributed by atoms with van der Waals surface area (Å²) in [5.41, 5.74) is 3.43. The fourth-order valence-corrected chi connectivity index (χ4v) is 7.05. The number of hydrogen-bond acceptors (Lipinski definition) is 4. The van der Waals surface area contributed by atoms with Gasteiger partial charge in [-0.15, -0.1) is 0 Å². The van der Waals surface area contributed by atoms with Crippen LogP contribution in [0.1, 0.15) is 52.0 Å². The van der Waals surface area contributed by atoms with Gasteiger partial charge in [0.1, 0.15) is 0 Å². The predicted octanol–water partition coefficient (Wildman–Crippen LogP) is 4.62. The zero-order chi connectivity index (χ0) is 22.7. The van der Waals surface area contributed by atoms with Crippen LogP contribution in [0.25, 0.3) is 0 Å². The number of anilines is 1. The van der Waals surface area contributed by atoms with E-state index in [-0.39, 0.29) is 17.9 Å². The van der Waals surface area contributed by atoms with Crippen molar-refractivity contribution in [2.24, 2.45) is 11.8 Å². The van der Waals surface area contributed by atoms with Gasteiger partial charge in [0.2, 0.25) is 0 Å². The van der Waals surface area contributed by atoms with Crippen LogP contribution in [0.15, 0.2) is 42.5 Å². The lowest BCUT2D eigenvalue weighted by molar-refractivity contribution is 0.0577. The molecule has 0 aromatic heterocycles. The molecule has 0 spiro atoms. The van der Waals surface area contributed by atoms with Crippen LogP contribution < -0.4 is 4.90 Å². The first-order valence-electron chi connectivity index (χ1n) is 12.2. The third-order valence-corrected chi connectivity index (χ3v) is 8.99. The molecule has 172 valence electrons. The van der Waals surface area contributed by atoms with Crippen molar-refractivity contribution in [2.75, 3.05) is 31.1 Å². The summed E-state index contributed by atoms with van der Waals surface area (Å²) in [6.45, 7) is 6.21. The SMILES string of the molecule is Cc1cccc(N2CCN(C3CC4CC(N5C(=O)c6ccccc6C5=O)CC4C3)CC2)c1Cl.